The molecular weight excluding hydrogens is 506 g/mol. The summed E-state index contributed by atoms with van der Waals surface area (Å²) in [5, 5.41) is 0. The Kier molecular flexibility index (Phi) is 7.66. The number of nitrogens with zero attached hydrogens (tertiary/aromatic N) is 3. The molecule has 39 heavy (non-hydrogen) atoms. The zero-order valence-corrected chi connectivity index (χ0v) is 21.6. The summed E-state index contributed by atoms with van der Waals surface area (Å²) in [7, 11) is 0. The van der Waals surface area contributed by atoms with Crippen molar-refractivity contribution >= 4 is 0 Å². The van der Waals surface area contributed by atoms with Crippen molar-refractivity contribution in [2.45, 2.75) is 51.5 Å². The number of halogens is 4. The minimum absolute atomic E-state index is 0.0976. The molecule has 0 atom stereocenters. The Bertz CT molecular complexity index is 1460. The largest absolute Gasteiger partial charge is 0.416 e. The number of aromatic nitrogens is 2. The standard InChI is InChI=1S/C31H29F4N3O/c1-2-9-28-36-27-16-17-37(19-23-14-15-24(18-26(23)32)31(33,34)35)20-25(27)30(39)38(28)29(21-10-5-3-6-11-21)22-12-7-4-8-13-22/h3-8,10-15,18,29H,2,9,16-17,19-20H2,1H3. The number of alkyl halides is 3. The highest BCUT2D eigenvalue weighted by atomic mass is 19.4. The minimum Gasteiger partial charge on any atom is -0.294 e. The van der Waals surface area contributed by atoms with E-state index in [4.69, 9.17) is 4.98 Å². The number of benzene rings is 3. The second-order valence-corrected chi connectivity index (χ2v) is 9.87. The van der Waals surface area contributed by atoms with Crippen molar-refractivity contribution in [1.82, 2.24) is 14.5 Å². The Hall–Kier alpha value is -3.78. The second-order valence-electron chi connectivity index (χ2n) is 9.87. The molecule has 4 aromatic rings. The van der Waals surface area contributed by atoms with Crippen molar-refractivity contribution in [2.24, 2.45) is 0 Å². The van der Waals surface area contributed by atoms with Crippen molar-refractivity contribution in [3.8, 4) is 0 Å². The molecule has 0 fully saturated rings. The highest BCUT2D eigenvalue weighted by Crippen LogP contribution is 2.31. The third-order valence-corrected chi connectivity index (χ3v) is 7.15. The predicted octanol–water partition coefficient (Wildman–Crippen LogP) is 6.55. The summed E-state index contributed by atoms with van der Waals surface area (Å²) in [6.07, 6.45) is -2.64. The van der Waals surface area contributed by atoms with Gasteiger partial charge in [-0.3, -0.25) is 14.3 Å². The lowest BCUT2D eigenvalue weighted by atomic mass is 9.97. The first kappa shape index (κ1) is 26.8. The highest BCUT2D eigenvalue weighted by Gasteiger charge is 2.32. The van der Waals surface area contributed by atoms with E-state index in [2.05, 4.69) is 6.92 Å². The van der Waals surface area contributed by atoms with Gasteiger partial charge < -0.3 is 0 Å². The van der Waals surface area contributed by atoms with Crippen LogP contribution in [0.2, 0.25) is 0 Å². The van der Waals surface area contributed by atoms with Gasteiger partial charge in [0.1, 0.15) is 11.6 Å². The fourth-order valence-electron chi connectivity index (χ4n) is 5.25. The fraction of sp³-hybridized carbons (Fsp3) is 0.290. The van der Waals surface area contributed by atoms with Crippen molar-refractivity contribution in [1.29, 1.82) is 0 Å². The molecule has 0 radical (unpaired) electrons. The monoisotopic (exact) mass is 535 g/mol. The molecule has 0 aliphatic carbocycles. The molecule has 0 unspecified atom stereocenters. The quantitative estimate of drug-likeness (QED) is 0.252. The summed E-state index contributed by atoms with van der Waals surface area (Å²) in [6, 6.07) is 21.9. The third kappa shape index (κ3) is 5.66. The van der Waals surface area contributed by atoms with E-state index in [-0.39, 0.29) is 30.3 Å². The van der Waals surface area contributed by atoms with Gasteiger partial charge in [0.25, 0.3) is 5.56 Å². The van der Waals surface area contributed by atoms with E-state index < -0.39 is 17.6 Å². The summed E-state index contributed by atoms with van der Waals surface area (Å²) < 4.78 is 55.3. The summed E-state index contributed by atoms with van der Waals surface area (Å²) in [6.45, 7) is 2.91. The Morgan fingerprint density at radius 3 is 2.15 bits per heavy atom. The molecule has 202 valence electrons. The first-order chi connectivity index (χ1) is 18.8. The maximum atomic E-state index is 14.6. The van der Waals surface area contributed by atoms with Gasteiger partial charge in [0.15, 0.2) is 0 Å². The third-order valence-electron chi connectivity index (χ3n) is 7.15. The normalized spacial score (nSPS) is 14.0. The van der Waals surface area contributed by atoms with Crippen LogP contribution in [0.4, 0.5) is 17.6 Å². The van der Waals surface area contributed by atoms with Crippen LogP contribution >= 0.6 is 0 Å². The molecule has 0 bridgehead atoms. The molecule has 1 aliphatic rings. The number of rotatable bonds is 7. The lowest BCUT2D eigenvalue weighted by Gasteiger charge is -2.31. The molecule has 0 N–H and O–H groups in total. The Morgan fingerprint density at radius 2 is 1.59 bits per heavy atom. The number of fused-ring (bicyclic) bond motifs is 1. The van der Waals surface area contributed by atoms with Gasteiger partial charge >= 0.3 is 6.18 Å². The van der Waals surface area contributed by atoms with Gasteiger partial charge in [0.2, 0.25) is 0 Å². The van der Waals surface area contributed by atoms with E-state index in [1.807, 2.05) is 65.6 Å². The average molecular weight is 536 g/mol. The molecule has 5 rings (SSSR count). The zero-order valence-electron chi connectivity index (χ0n) is 21.6. The second kappa shape index (κ2) is 11.1. The first-order valence-corrected chi connectivity index (χ1v) is 13.1. The van der Waals surface area contributed by atoms with Crippen LogP contribution in [-0.4, -0.2) is 21.0 Å². The van der Waals surface area contributed by atoms with Crippen LogP contribution in [0.15, 0.2) is 83.7 Å². The minimum atomic E-state index is -4.61. The van der Waals surface area contributed by atoms with Crippen LogP contribution in [0.3, 0.4) is 0 Å². The van der Waals surface area contributed by atoms with Gasteiger partial charge in [-0.15, -0.1) is 0 Å². The molecule has 3 aromatic carbocycles. The fourth-order valence-corrected chi connectivity index (χ4v) is 5.25. The molecule has 0 amide bonds. The van der Waals surface area contributed by atoms with Gasteiger partial charge in [0.05, 0.1) is 22.9 Å². The highest BCUT2D eigenvalue weighted by molar-refractivity contribution is 5.35. The van der Waals surface area contributed by atoms with E-state index in [9.17, 15) is 22.4 Å². The van der Waals surface area contributed by atoms with Gasteiger partial charge in [-0.05, 0) is 29.7 Å². The first-order valence-electron chi connectivity index (χ1n) is 13.1. The number of hydrogen-bond donors (Lipinski definition) is 0. The van der Waals surface area contributed by atoms with Crippen LogP contribution in [0.5, 0.6) is 0 Å². The van der Waals surface area contributed by atoms with E-state index in [1.54, 1.807) is 4.57 Å². The van der Waals surface area contributed by atoms with E-state index in [0.29, 0.717) is 31.0 Å². The predicted molar refractivity (Wildman–Crippen MR) is 142 cm³/mol. The Balaban J connectivity index is 1.54. The lowest BCUT2D eigenvalue weighted by molar-refractivity contribution is -0.137. The van der Waals surface area contributed by atoms with Crippen LogP contribution in [0.1, 0.15) is 58.7 Å². The van der Waals surface area contributed by atoms with E-state index in [1.165, 1.54) is 6.07 Å². The maximum Gasteiger partial charge on any atom is 0.416 e. The molecular formula is C31H29F4N3O. The smallest absolute Gasteiger partial charge is 0.294 e. The van der Waals surface area contributed by atoms with Crippen LogP contribution in [-0.2, 0) is 32.1 Å². The number of aryl methyl sites for hydroxylation is 1. The molecule has 2 heterocycles. The van der Waals surface area contributed by atoms with Gasteiger partial charge in [-0.25, -0.2) is 9.37 Å². The van der Waals surface area contributed by atoms with Crippen LogP contribution in [0.25, 0.3) is 0 Å². The van der Waals surface area contributed by atoms with Crippen molar-refractivity contribution in [3.63, 3.8) is 0 Å². The summed E-state index contributed by atoms with van der Waals surface area (Å²) in [5.74, 6) is -0.182. The van der Waals surface area contributed by atoms with E-state index >= 15 is 0 Å². The zero-order chi connectivity index (χ0) is 27.6. The van der Waals surface area contributed by atoms with Crippen molar-refractivity contribution in [3.05, 3.63) is 134 Å². The topological polar surface area (TPSA) is 38.1 Å². The SMILES string of the molecule is CCCc1nc2c(c(=O)n1C(c1ccccc1)c1ccccc1)CN(Cc1ccc(C(F)(F)F)cc1F)CC2. The van der Waals surface area contributed by atoms with Gasteiger partial charge in [0, 0.05) is 38.0 Å². The summed E-state index contributed by atoms with van der Waals surface area (Å²) >= 11 is 0. The lowest BCUT2D eigenvalue weighted by Crippen LogP contribution is -2.40. The summed E-state index contributed by atoms with van der Waals surface area (Å²) in [5.41, 5.74) is 2.21. The molecule has 1 aromatic heterocycles. The number of hydrogen-bond acceptors (Lipinski definition) is 3. The van der Waals surface area contributed by atoms with Gasteiger partial charge in [-0.1, -0.05) is 73.7 Å². The molecule has 8 heteroatoms. The summed E-state index contributed by atoms with van der Waals surface area (Å²) in [4.78, 5) is 21.1. The molecule has 1 aliphatic heterocycles. The van der Waals surface area contributed by atoms with Crippen LogP contribution < -0.4 is 5.56 Å². The maximum absolute atomic E-state index is 14.6. The Labute approximate surface area is 224 Å². The van der Waals surface area contributed by atoms with Crippen molar-refractivity contribution < 1.29 is 17.6 Å². The molecule has 4 nitrogen and oxygen atoms in total. The van der Waals surface area contributed by atoms with E-state index in [0.717, 1.165) is 35.1 Å². The van der Waals surface area contributed by atoms with Gasteiger partial charge in [-0.2, -0.15) is 13.2 Å². The molecule has 0 spiro atoms. The van der Waals surface area contributed by atoms with Crippen molar-refractivity contribution in [2.75, 3.05) is 6.54 Å². The Morgan fingerprint density at radius 1 is 0.949 bits per heavy atom. The molecule has 0 saturated carbocycles. The van der Waals surface area contributed by atoms with Crippen LogP contribution in [0, 0.1) is 5.82 Å². The average Bonchev–Trinajstić information content (AvgIpc) is 2.93. The molecule has 0 saturated heterocycles.